The number of hydrogen-bond acceptors (Lipinski definition) is 4. The Bertz CT molecular complexity index is 693. The summed E-state index contributed by atoms with van der Waals surface area (Å²) in [5, 5.41) is 11.4. The average molecular weight is 270 g/mol. The maximum Gasteiger partial charge on any atom is 0.293 e. The molecule has 0 spiro atoms. The number of aryl methyl sites for hydroxylation is 2. The van der Waals surface area contributed by atoms with E-state index in [-0.39, 0.29) is 18.3 Å². The summed E-state index contributed by atoms with van der Waals surface area (Å²) in [7, 11) is 0. The van der Waals surface area contributed by atoms with Gasteiger partial charge < -0.3 is 14.8 Å². The molecule has 20 heavy (non-hydrogen) atoms. The zero-order valence-corrected chi connectivity index (χ0v) is 11.2. The smallest absolute Gasteiger partial charge is 0.293 e. The van der Waals surface area contributed by atoms with Crippen molar-refractivity contribution < 1.29 is 14.3 Å². The molecule has 2 N–H and O–H groups in total. The third kappa shape index (κ3) is 3.05. The van der Waals surface area contributed by atoms with E-state index in [4.69, 9.17) is 9.52 Å². The minimum atomic E-state index is -0.339. The Hall–Kier alpha value is -2.58. The zero-order chi connectivity index (χ0) is 14.5. The van der Waals surface area contributed by atoms with Crippen LogP contribution in [-0.2, 0) is 0 Å². The van der Waals surface area contributed by atoms with Crippen LogP contribution < -0.4 is 5.32 Å². The number of aliphatic hydroxyl groups is 1. The van der Waals surface area contributed by atoms with Gasteiger partial charge in [0, 0.05) is 11.3 Å². The van der Waals surface area contributed by atoms with E-state index in [0.717, 1.165) is 11.1 Å². The Balaban J connectivity index is 2.17. The van der Waals surface area contributed by atoms with Crippen molar-refractivity contribution >= 4 is 11.6 Å². The van der Waals surface area contributed by atoms with Crippen molar-refractivity contribution in [3.05, 3.63) is 47.2 Å². The molecule has 2 rings (SSSR count). The molecule has 1 aromatic carbocycles. The highest BCUT2D eigenvalue weighted by molar-refractivity contribution is 6.02. The van der Waals surface area contributed by atoms with Crippen LogP contribution in [-0.4, -0.2) is 22.6 Å². The van der Waals surface area contributed by atoms with Crippen LogP contribution in [0.3, 0.4) is 0 Å². The lowest BCUT2D eigenvalue weighted by molar-refractivity contribution is 0.0996. The first-order chi connectivity index (χ1) is 9.61. The van der Waals surface area contributed by atoms with Gasteiger partial charge in [-0.2, -0.15) is 0 Å². The highest BCUT2D eigenvalue weighted by Gasteiger charge is 2.14. The molecule has 0 saturated heterocycles. The van der Waals surface area contributed by atoms with Crippen LogP contribution in [0.15, 0.2) is 29.0 Å². The molecule has 0 aliphatic heterocycles. The molecule has 1 aromatic heterocycles. The standard InChI is InChI=1S/C15H14N2O3/c1-10-8-13(6-5-12(10)4-3-7-18)17-15(19)14-11(2)16-9-20-14/h5-6,8-9,18H,7H2,1-2H3,(H,17,19). The summed E-state index contributed by atoms with van der Waals surface area (Å²) in [4.78, 5) is 15.8. The van der Waals surface area contributed by atoms with E-state index in [1.54, 1.807) is 19.1 Å². The van der Waals surface area contributed by atoms with Crippen molar-refractivity contribution in [1.29, 1.82) is 0 Å². The quantitative estimate of drug-likeness (QED) is 0.817. The van der Waals surface area contributed by atoms with Crippen LogP contribution in [0.1, 0.15) is 27.4 Å². The number of carbonyl (C=O) groups excluding carboxylic acids is 1. The molecule has 0 bridgehead atoms. The SMILES string of the molecule is Cc1cc(NC(=O)c2ocnc2C)ccc1C#CCO. The van der Waals surface area contributed by atoms with E-state index in [1.807, 2.05) is 13.0 Å². The second kappa shape index (κ2) is 6.04. The largest absolute Gasteiger partial charge is 0.438 e. The molecule has 1 amide bonds. The molecule has 5 nitrogen and oxygen atoms in total. The minimum absolute atomic E-state index is 0.178. The van der Waals surface area contributed by atoms with Crippen molar-refractivity contribution in [3.63, 3.8) is 0 Å². The first-order valence-electron chi connectivity index (χ1n) is 6.03. The Morgan fingerprint density at radius 2 is 2.25 bits per heavy atom. The summed E-state index contributed by atoms with van der Waals surface area (Å²) in [5.74, 6) is 5.29. The molecule has 0 unspecified atom stereocenters. The van der Waals surface area contributed by atoms with Crippen molar-refractivity contribution in [2.75, 3.05) is 11.9 Å². The molecule has 0 saturated carbocycles. The van der Waals surface area contributed by atoms with Gasteiger partial charge in [-0.05, 0) is 37.6 Å². The van der Waals surface area contributed by atoms with Crippen LogP contribution in [0.5, 0.6) is 0 Å². The van der Waals surface area contributed by atoms with Gasteiger partial charge in [0.15, 0.2) is 6.39 Å². The van der Waals surface area contributed by atoms with Gasteiger partial charge in [0.25, 0.3) is 5.91 Å². The monoisotopic (exact) mass is 270 g/mol. The summed E-state index contributed by atoms with van der Waals surface area (Å²) in [6.45, 7) is 3.41. The number of aromatic nitrogens is 1. The summed E-state index contributed by atoms with van der Waals surface area (Å²) >= 11 is 0. The average Bonchev–Trinajstić information content (AvgIpc) is 2.84. The second-order valence-corrected chi connectivity index (χ2v) is 4.21. The fraction of sp³-hybridized carbons (Fsp3) is 0.200. The molecule has 2 aromatic rings. The molecule has 0 atom stereocenters. The van der Waals surface area contributed by atoms with E-state index in [2.05, 4.69) is 22.1 Å². The predicted octanol–water partition coefficient (Wildman–Crippen LogP) is 1.89. The van der Waals surface area contributed by atoms with E-state index in [1.165, 1.54) is 6.39 Å². The molecular weight excluding hydrogens is 256 g/mol. The number of carbonyl (C=O) groups is 1. The summed E-state index contributed by atoms with van der Waals surface area (Å²) < 4.78 is 5.03. The van der Waals surface area contributed by atoms with E-state index >= 15 is 0 Å². The second-order valence-electron chi connectivity index (χ2n) is 4.21. The number of nitrogens with zero attached hydrogens (tertiary/aromatic N) is 1. The Labute approximate surface area is 116 Å². The summed E-state index contributed by atoms with van der Waals surface area (Å²) in [5.41, 5.74) is 2.92. The number of benzene rings is 1. The van der Waals surface area contributed by atoms with E-state index in [0.29, 0.717) is 11.4 Å². The van der Waals surface area contributed by atoms with Crippen molar-refractivity contribution in [1.82, 2.24) is 4.98 Å². The topological polar surface area (TPSA) is 75.4 Å². The Kier molecular flexibility index (Phi) is 4.18. The van der Waals surface area contributed by atoms with Crippen LogP contribution >= 0.6 is 0 Å². The molecule has 0 aliphatic rings. The first-order valence-corrected chi connectivity index (χ1v) is 6.03. The fourth-order valence-corrected chi connectivity index (χ4v) is 1.72. The van der Waals surface area contributed by atoms with Gasteiger partial charge in [0.1, 0.15) is 6.61 Å². The maximum atomic E-state index is 12.0. The third-order valence-electron chi connectivity index (χ3n) is 2.74. The maximum absolute atomic E-state index is 12.0. The van der Waals surface area contributed by atoms with Gasteiger partial charge in [0.05, 0.1) is 5.69 Å². The highest BCUT2D eigenvalue weighted by atomic mass is 16.3. The molecule has 0 aliphatic carbocycles. The third-order valence-corrected chi connectivity index (χ3v) is 2.74. The van der Waals surface area contributed by atoms with E-state index < -0.39 is 0 Å². The van der Waals surface area contributed by atoms with Gasteiger partial charge in [-0.15, -0.1) is 0 Å². The number of amides is 1. The Morgan fingerprint density at radius 3 is 2.85 bits per heavy atom. The minimum Gasteiger partial charge on any atom is -0.438 e. The summed E-state index contributed by atoms with van der Waals surface area (Å²) in [6, 6.07) is 5.35. The predicted molar refractivity (Wildman–Crippen MR) is 74.3 cm³/mol. The van der Waals surface area contributed by atoms with Crippen LogP contribution in [0.2, 0.25) is 0 Å². The van der Waals surface area contributed by atoms with Gasteiger partial charge in [-0.1, -0.05) is 11.8 Å². The molecule has 102 valence electrons. The molecule has 1 heterocycles. The van der Waals surface area contributed by atoms with E-state index in [9.17, 15) is 4.79 Å². The first kappa shape index (κ1) is 13.8. The Morgan fingerprint density at radius 1 is 1.45 bits per heavy atom. The number of hydrogen-bond donors (Lipinski definition) is 2. The van der Waals surface area contributed by atoms with Crippen molar-refractivity contribution in [3.8, 4) is 11.8 Å². The highest BCUT2D eigenvalue weighted by Crippen LogP contribution is 2.16. The normalized spacial score (nSPS) is 9.75. The fourth-order valence-electron chi connectivity index (χ4n) is 1.72. The molecule has 0 fully saturated rings. The van der Waals surface area contributed by atoms with Crippen LogP contribution in [0.4, 0.5) is 5.69 Å². The lowest BCUT2D eigenvalue weighted by atomic mass is 10.1. The van der Waals surface area contributed by atoms with Gasteiger partial charge in [-0.3, -0.25) is 4.79 Å². The summed E-state index contributed by atoms with van der Waals surface area (Å²) in [6.07, 6.45) is 1.24. The number of anilines is 1. The zero-order valence-electron chi connectivity index (χ0n) is 11.2. The van der Waals surface area contributed by atoms with Crippen LogP contribution in [0.25, 0.3) is 0 Å². The lowest BCUT2D eigenvalue weighted by Crippen LogP contribution is -2.12. The number of aliphatic hydroxyl groups excluding tert-OH is 1. The molecule has 5 heteroatoms. The lowest BCUT2D eigenvalue weighted by Gasteiger charge is -2.06. The molecule has 0 radical (unpaired) electrons. The van der Waals surface area contributed by atoms with Crippen molar-refractivity contribution in [2.24, 2.45) is 0 Å². The number of oxazole rings is 1. The van der Waals surface area contributed by atoms with Crippen LogP contribution in [0, 0.1) is 25.7 Å². The van der Waals surface area contributed by atoms with Gasteiger partial charge >= 0.3 is 0 Å². The number of nitrogens with one attached hydrogen (secondary N) is 1. The number of rotatable bonds is 2. The van der Waals surface area contributed by atoms with Gasteiger partial charge in [-0.25, -0.2) is 4.98 Å². The van der Waals surface area contributed by atoms with Crippen molar-refractivity contribution in [2.45, 2.75) is 13.8 Å². The molecular formula is C15H14N2O3. The van der Waals surface area contributed by atoms with Gasteiger partial charge in [0.2, 0.25) is 5.76 Å².